The van der Waals surface area contributed by atoms with E-state index in [9.17, 15) is 4.79 Å². The second-order valence-corrected chi connectivity index (χ2v) is 6.96. The van der Waals surface area contributed by atoms with Gasteiger partial charge in [-0.2, -0.15) is 0 Å². The average Bonchev–Trinajstić information content (AvgIpc) is 3.01. The number of aliphatic imine (C=N–C) groups is 1. The Balaban J connectivity index is 1.95. The first-order chi connectivity index (χ1) is 13.0. The molecular formula is C20H17BrClNO4. The summed E-state index contributed by atoms with van der Waals surface area (Å²) < 4.78 is 17.1. The third-order valence-electron chi connectivity index (χ3n) is 3.73. The molecule has 0 amide bonds. The molecule has 0 radical (unpaired) electrons. The summed E-state index contributed by atoms with van der Waals surface area (Å²) in [5.74, 6) is 0.695. The Kier molecular flexibility index (Phi) is 6.19. The summed E-state index contributed by atoms with van der Waals surface area (Å²) in [7, 11) is 1.54. The third-order valence-corrected chi connectivity index (χ3v) is 4.70. The zero-order valence-corrected chi connectivity index (χ0v) is 17.1. The van der Waals surface area contributed by atoms with Crippen molar-refractivity contribution in [2.24, 2.45) is 4.99 Å². The smallest absolute Gasteiger partial charge is 0.363 e. The lowest BCUT2D eigenvalue weighted by Crippen LogP contribution is -2.05. The van der Waals surface area contributed by atoms with E-state index >= 15 is 0 Å². The molecule has 1 heterocycles. The largest absolute Gasteiger partial charge is 0.493 e. The summed E-state index contributed by atoms with van der Waals surface area (Å²) in [6.45, 7) is 2.54. The van der Waals surface area contributed by atoms with Crippen LogP contribution in [0.1, 0.15) is 24.5 Å². The molecule has 1 aliphatic heterocycles. The zero-order valence-electron chi connectivity index (χ0n) is 14.8. The molecule has 2 aromatic carbocycles. The van der Waals surface area contributed by atoms with Crippen molar-refractivity contribution in [2.75, 3.05) is 13.7 Å². The number of methoxy groups -OCH3 is 1. The highest BCUT2D eigenvalue weighted by molar-refractivity contribution is 9.10. The van der Waals surface area contributed by atoms with E-state index in [1.807, 2.05) is 31.2 Å². The van der Waals surface area contributed by atoms with Gasteiger partial charge in [-0.3, -0.25) is 0 Å². The number of esters is 1. The highest BCUT2D eigenvalue weighted by Gasteiger charge is 2.25. The molecule has 0 aliphatic carbocycles. The lowest BCUT2D eigenvalue weighted by Gasteiger charge is -2.12. The molecule has 0 bridgehead atoms. The van der Waals surface area contributed by atoms with Gasteiger partial charge in [0.25, 0.3) is 0 Å². The number of ether oxygens (including phenoxy) is 3. The van der Waals surface area contributed by atoms with E-state index in [4.69, 9.17) is 25.8 Å². The SMILES string of the molecule is CCCOc1c(Cl)cc(/C=C2\N=C(c3ccccc3Br)OC2=O)cc1OC. The van der Waals surface area contributed by atoms with Gasteiger partial charge in [-0.25, -0.2) is 9.79 Å². The fourth-order valence-electron chi connectivity index (χ4n) is 2.48. The van der Waals surface area contributed by atoms with Crippen molar-refractivity contribution in [1.82, 2.24) is 0 Å². The van der Waals surface area contributed by atoms with E-state index in [1.54, 1.807) is 18.2 Å². The van der Waals surface area contributed by atoms with Crippen LogP contribution >= 0.6 is 27.5 Å². The van der Waals surface area contributed by atoms with Crippen LogP contribution < -0.4 is 9.47 Å². The van der Waals surface area contributed by atoms with Gasteiger partial charge in [0, 0.05) is 4.47 Å². The van der Waals surface area contributed by atoms with E-state index < -0.39 is 5.97 Å². The molecule has 140 valence electrons. The molecule has 0 saturated heterocycles. The topological polar surface area (TPSA) is 57.1 Å². The maximum atomic E-state index is 12.2. The van der Waals surface area contributed by atoms with E-state index in [0.29, 0.717) is 34.3 Å². The maximum absolute atomic E-state index is 12.2. The molecule has 2 aromatic rings. The van der Waals surface area contributed by atoms with Crippen LogP contribution in [0.2, 0.25) is 5.02 Å². The van der Waals surface area contributed by atoms with Crippen LogP contribution in [0.15, 0.2) is 51.6 Å². The first-order valence-electron chi connectivity index (χ1n) is 8.31. The molecule has 0 atom stereocenters. The zero-order chi connectivity index (χ0) is 19.4. The fourth-order valence-corrected chi connectivity index (χ4v) is 3.21. The van der Waals surface area contributed by atoms with Crippen molar-refractivity contribution in [3.8, 4) is 11.5 Å². The Hall–Kier alpha value is -2.31. The lowest BCUT2D eigenvalue weighted by molar-refractivity contribution is -0.129. The molecule has 5 nitrogen and oxygen atoms in total. The first-order valence-corrected chi connectivity index (χ1v) is 9.48. The molecular weight excluding hydrogens is 434 g/mol. The minimum Gasteiger partial charge on any atom is -0.493 e. The predicted octanol–water partition coefficient (Wildman–Crippen LogP) is 5.24. The highest BCUT2D eigenvalue weighted by Crippen LogP contribution is 2.37. The van der Waals surface area contributed by atoms with Gasteiger partial charge in [0.2, 0.25) is 5.90 Å². The van der Waals surface area contributed by atoms with Crippen molar-refractivity contribution >= 4 is 45.5 Å². The molecule has 0 saturated carbocycles. The van der Waals surface area contributed by atoms with E-state index in [2.05, 4.69) is 20.9 Å². The molecule has 0 N–H and O–H groups in total. The van der Waals surface area contributed by atoms with E-state index in [-0.39, 0.29) is 11.6 Å². The summed E-state index contributed by atoms with van der Waals surface area (Å²) in [6.07, 6.45) is 2.45. The average molecular weight is 451 g/mol. The Bertz CT molecular complexity index is 940. The van der Waals surface area contributed by atoms with Crippen LogP contribution in [0.5, 0.6) is 11.5 Å². The summed E-state index contributed by atoms with van der Waals surface area (Å²) in [5.41, 5.74) is 1.54. The van der Waals surface area contributed by atoms with Crippen LogP contribution in [0.25, 0.3) is 6.08 Å². The number of carbonyl (C=O) groups is 1. The van der Waals surface area contributed by atoms with E-state index in [1.165, 1.54) is 7.11 Å². The van der Waals surface area contributed by atoms with Gasteiger partial charge < -0.3 is 14.2 Å². The first kappa shape index (κ1) is 19.5. The Morgan fingerprint density at radius 2 is 2.07 bits per heavy atom. The number of rotatable bonds is 6. The van der Waals surface area contributed by atoms with Crippen molar-refractivity contribution in [3.63, 3.8) is 0 Å². The van der Waals surface area contributed by atoms with Crippen molar-refractivity contribution in [3.05, 3.63) is 62.7 Å². The Morgan fingerprint density at radius 3 is 2.78 bits per heavy atom. The third kappa shape index (κ3) is 4.34. The number of hydrogen-bond donors (Lipinski definition) is 0. The molecule has 0 spiro atoms. The van der Waals surface area contributed by atoms with Gasteiger partial charge in [-0.05, 0) is 58.3 Å². The van der Waals surface area contributed by atoms with Crippen molar-refractivity contribution in [1.29, 1.82) is 0 Å². The fraction of sp³-hybridized carbons (Fsp3) is 0.200. The van der Waals surface area contributed by atoms with Crippen LogP contribution in [0, 0.1) is 0 Å². The second kappa shape index (κ2) is 8.59. The van der Waals surface area contributed by atoms with Crippen LogP contribution in [0.4, 0.5) is 0 Å². The van der Waals surface area contributed by atoms with Gasteiger partial charge >= 0.3 is 5.97 Å². The summed E-state index contributed by atoms with van der Waals surface area (Å²) >= 11 is 9.75. The Labute approximate surface area is 170 Å². The number of cyclic esters (lactones) is 1. The van der Waals surface area contributed by atoms with Crippen LogP contribution in [0.3, 0.4) is 0 Å². The van der Waals surface area contributed by atoms with Gasteiger partial charge in [0.15, 0.2) is 17.2 Å². The van der Waals surface area contributed by atoms with Gasteiger partial charge in [-0.15, -0.1) is 0 Å². The maximum Gasteiger partial charge on any atom is 0.363 e. The number of halogens is 2. The standard InChI is InChI=1S/C20H17BrClNO4/c1-3-8-26-18-15(22)9-12(11-17(18)25-2)10-16-20(24)27-19(23-16)13-6-4-5-7-14(13)21/h4-7,9-11H,3,8H2,1-2H3/b16-10-. The lowest BCUT2D eigenvalue weighted by atomic mass is 10.1. The number of carbonyl (C=O) groups excluding carboxylic acids is 1. The molecule has 7 heteroatoms. The van der Waals surface area contributed by atoms with E-state index in [0.717, 1.165) is 10.9 Å². The summed E-state index contributed by atoms with van der Waals surface area (Å²) in [6, 6.07) is 10.8. The second-order valence-electron chi connectivity index (χ2n) is 5.70. The minimum absolute atomic E-state index is 0.182. The van der Waals surface area contributed by atoms with Gasteiger partial charge in [0.1, 0.15) is 0 Å². The minimum atomic E-state index is -0.526. The van der Waals surface area contributed by atoms with Crippen molar-refractivity contribution in [2.45, 2.75) is 13.3 Å². The van der Waals surface area contributed by atoms with Gasteiger partial charge in [-0.1, -0.05) is 30.7 Å². The number of benzene rings is 2. The molecule has 1 aliphatic rings. The molecule has 0 aromatic heterocycles. The number of hydrogen-bond acceptors (Lipinski definition) is 5. The summed E-state index contributed by atoms with van der Waals surface area (Å²) in [5, 5.41) is 0.399. The van der Waals surface area contributed by atoms with Gasteiger partial charge in [0.05, 0.1) is 24.3 Å². The monoisotopic (exact) mass is 449 g/mol. The molecule has 3 rings (SSSR count). The van der Waals surface area contributed by atoms with Crippen LogP contribution in [-0.4, -0.2) is 25.6 Å². The molecule has 0 fully saturated rings. The van der Waals surface area contributed by atoms with Crippen LogP contribution in [-0.2, 0) is 9.53 Å². The number of nitrogens with zero attached hydrogens (tertiary/aromatic N) is 1. The van der Waals surface area contributed by atoms with Crippen molar-refractivity contribution < 1.29 is 19.0 Å². The highest BCUT2D eigenvalue weighted by atomic mass is 79.9. The molecule has 0 unspecified atom stereocenters. The quantitative estimate of drug-likeness (QED) is 0.446. The predicted molar refractivity (Wildman–Crippen MR) is 109 cm³/mol. The summed E-state index contributed by atoms with van der Waals surface area (Å²) in [4.78, 5) is 16.5. The normalized spacial score (nSPS) is 14.9. The molecule has 27 heavy (non-hydrogen) atoms. The Morgan fingerprint density at radius 1 is 1.30 bits per heavy atom.